The number of halogens is 1. The average Bonchev–Trinajstić information content (AvgIpc) is 2.68. The summed E-state index contributed by atoms with van der Waals surface area (Å²) in [7, 11) is 0. The van der Waals surface area contributed by atoms with Gasteiger partial charge in [0.2, 0.25) is 0 Å². The lowest BCUT2D eigenvalue weighted by Crippen LogP contribution is -2.34. The third-order valence-corrected chi connectivity index (χ3v) is 4.72. The van der Waals surface area contributed by atoms with Crippen LogP contribution in [0.1, 0.15) is 47.2 Å². The van der Waals surface area contributed by atoms with E-state index in [0.717, 1.165) is 24.2 Å². The molecule has 0 aromatic heterocycles. The fraction of sp³-hybridized carbons (Fsp3) is 0.318. The van der Waals surface area contributed by atoms with E-state index in [1.165, 1.54) is 31.2 Å². The zero-order valence-electron chi connectivity index (χ0n) is 14.8. The molecular formula is C22H25ClN2O. The van der Waals surface area contributed by atoms with E-state index in [0.29, 0.717) is 11.6 Å². The van der Waals surface area contributed by atoms with Crippen LogP contribution < -0.4 is 10.6 Å². The van der Waals surface area contributed by atoms with Gasteiger partial charge in [0.05, 0.1) is 0 Å². The van der Waals surface area contributed by atoms with Crippen molar-refractivity contribution in [2.24, 2.45) is 0 Å². The Hall–Kier alpha value is -2.28. The minimum Gasteiger partial charge on any atom is -0.322 e. The second-order valence-corrected chi connectivity index (χ2v) is 6.56. The summed E-state index contributed by atoms with van der Waals surface area (Å²) in [6, 6.07) is 15.8. The summed E-state index contributed by atoms with van der Waals surface area (Å²) in [5, 5.41) is 6.51. The van der Waals surface area contributed by atoms with Crippen LogP contribution in [0.3, 0.4) is 0 Å². The molecule has 0 aliphatic carbocycles. The van der Waals surface area contributed by atoms with Crippen LogP contribution in [0, 0.1) is 12.3 Å². The number of nitrogens with one attached hydrogen (secondary N) is 2. The Kier molecular flexibility index (Phi) is 7.72. The molecule has 0 radical (unpaired) electrons. The number of piperidine rings is 1. The predicted octanol–water partition coefficient (Wildman–Crippen LogP) is 4.42. The van der Waals surface area contributed by atoms with E-state index in [-0.39, 0.29) is 18.3 Å². The maximum atomic E-state index is 12.3. The molecule has 1 fully saturated rings. The highest BCUT2D eigenvalue weighted by Gasteiger charge is 2.12. The molecule has 2 N–H and O–H groups in total. The molecule has 4 heteroatoms. The highest BCUT2D eigenvalue weighted by Crippen LogP contribution is 2.16. The van der Waals surface area contributed by atoms with Crippen molar-refractivity contribution in [1.29, 1.82) is 0 Å². The number of amides is 1. The molecule has 1 heterocycles. The number of terminal acetylenes is 1. The lowest BCUT2D eigenvalue weighted by Gasteiger charge is -2.23. The number of benzene rings is 2. The van der Waals surface area contributed by atoms with Crippen molar-refractivity contribution in [3.05, 3.63) is 65.2 Å². The molecule has 1 aliphatic rings. The summed E-state index contributed by atoms with van der Waals surface area (Å²) >= 11 is 0. The topological polar surface area (TPSA) is 41.1 Å². The number of hydrogen-bond acceptors (Lipinski definition) is 2. The van der Waals surface area contributed by atoms with Crippen LogP contribution in [0.25, 0.3) is 0 Å². The van der Waals surface area contributed by atoms with Gasteiger partial charge in [0.15, 0.2) is 0 Å². The van der Waals surface area contributed by atoms with Crippen molar-refractivity contribution in [3.8, 4) is 12.3 Å². The van der Waals surface area contributed by atoms with Crippen LogP contribution in [-0.4, -0.2) is 18.5 Å². The van der Waals surface area contributed by atoms with Gasteiger partial charge < -0.3 is 10.6 Å². The Labute approximate surface area is 162 Å². The molecule has 1 aliphatic heterocycles. The maximum absolute atomic E-state index is 12.3. The molecule has 1 atom stereocenters. The molecule has 0 saturated carbocycles. The number of anilines is 1. The first kappa shape index (κ1) is 20.0. The summed E-state index contributed by atoms with van der Waals surface area (Å²) in [4.78, 5) is 12.3. The van der Waals surface area contributed by atoms with E-state index in [9.17, 15) is 4.79 Å². The molecule has 1 unspecified atom stereocenters. The second kappa shape index (κ2) is 10.0. The van der Waals surface area contributed by atoms with Gasteiger partial charge >= 0.3 is 0 Å². The molecule has 0 bridgehead atoms. The number of rotatable bonds is 5. The SMILES string of the molecule is C#Cc1ccc(C(=O)Nc2ccc(CCC3CCCCN3)cc2)cc1.Cl. The van der Waals surface area contributed by atoms with Crippen molar-refractivity contribution in [1.82, 2.24) is 5.32 Å². The monoisotopic (exact) mass is 368 g/mol. The first-order chi connectivity index (χ1) is 12.2. The largest absolute Gasteiger partial charge is 0.322 e. The average molecular weight is 369 g/mol. The Morgan fingerprint density at radius 1 is 1.12 bits per heavy atom. The van der Waals surface area contributed by atoms with Gasteiger partial charge in [0.25, 0.3) is 5.91 Å². The van der Waals surface area contributed by atoms with E-state index < -0.39 is 0 Å². The molecule has 3 nitrogen and oxygen atoms in total. The first-order valence-corrected chi connectivity index (χ1v) is 8.95. The summed E-state index contributed by atoms with van der Waals surface area (Å²) in [6.07, 6.45) is 11.5. The lowest BCUT2D eigenvalue weighted by molar-refractivity contribution is 0.102. The van der Waals surface area contributed by atoms with Crippen LogP contribution in [-0.2, 0) is 6.42 Å². The molecular weight excluding hydrogens is 344 g/mol. The number of carbonyl (C=O) groups excluding carboxylic acids is 1. The maximum Gasteiger partial charge on any atom is 0.255 e. The Morgan fingerprint density at radius 3 is 2.46 bits per heavy atom. The van der Waals surface area contributed by atoms with Gasteiger partial charge in [-0.15, -0.1) is 18.8 Å². The first-order valence-electron chi connectivity index (χ1n) is 8.95. The molecule has 26 heavy (non-hydrogen) atoms. The van der Waals surface area contributed by atoms with Crippen LogP contribution in [0.5, 0.6) is 0 Å². The fourth-order valence-electron chi connectivity index (χ4n) is 3.19. The van der Waals surface area contributed by atoms with E-state index >= 15 is 0 Å². The number of hydrogen-bond donors (Lipinski definition) is 2. The Bertz CT molecular complexity index is 741. The third kappa shape index (κ3) is 5.62. The number of aryl methyl sites for hydroxylation is 1. The zero-order valence-corrected chi connectivity index (χ0v) is 15.6. The Morgan fingerprint density at radius 2 is 1.85 bits per heavy atom. The van der Waals surface area contributed by atoms with Crippen molar-refractivity contribution >= 4 is 24.0 Å². The highest BCUT2D eigenvalue weighted by molar-refractivity contribution is 6.04. The number of carbonyl (C=O) groups is 1. The minimum absolute atomic E-state index is 0. The van der Waals surface area contributed by atoms with Crippen LogP contribution >= 0.6 is 12.4 Å². The normalized spacial score (nSPS) is 16.2. The standard InChI is InChI=1S/C22H24N2O.ClH/c1-2-17-6-11-19(12-7-17)22(25)24-21-14-9-18(10-15-21)8-13-20-5-3-4-16-23-20;/h1,6-7,9-12,14-15,20,23H,3-5,8,13,16H2,(H,24,25);1H. The van der Waals surface area contributed by atoms with Gasteiger partial charge in [-0.2, -0.15) is 0 Å². The molecule has 0 spiro atoms. The Balaban J connectivity index is 0.00000243. The van der Waals surface area contributed by atoms with Gasteiger partial charge in [-0.05, 0) is 74.2 Å². The highest BCUT2D eigenvalue weighted by atomic mass is 35.5. The smallest absolute Gasteiger partial charge is 0.255 e. The molecule has 3 rings (SSSR count). The molecule has 1 amide bonds. The van der Waals surface area contributed by atoms with E-state index in [1.54, 1.807) is 24.3 Å². The molecule has 2 aromatic rings. The van der Waals surface area contributed by atoms with Crippen molar-refractivity contribution in [2.45, 2.75) is 38.1 Å². The van der Waals surface area contributed by atoms with E-state index in [1.807, 2.05) is 12.1 Å². The van der Waals surface area contributed by atoms with Gasteiger partial charge in [0, 0.05) is 22.9 Å². The van der Waals surface area contributed by atoms with Gasteiger partial charge in [-0.1, -0.05) is 24.5 Å². The summed E-state index contributed by atoms with van der Waals surface area (Å²) < 4.78 is 0. The van der Waals surface area contributed by atoms with Gasteiger partial charge in [-0.3, -0.25) is 4.79 Å². The van der Waals surface area contributed by atoms with Crippen molar-refractivity contribution in [2.75, 3.05) is 11.9 Å². The summed E-state index contributed by atoms with van der Waals surface area (Å²) in [5.74, 6) is 2.43. The van der Waals surface area contributed by atoms with Crippen molar-refractivity contribution in [3.63, 3.8) is 0 Å². The summed E-state index contributed by atoms with van der Waals surface area (Å²) in [5.41, 5.74) is 3.49. The predicted molar refractivity (Wildman–Crippen MR) is 110 cm³/mol. The lowest BCUT2D eigenvalue weighted by atomic mass is 9.98. The fourth-order valence-corrected chi connectivity index (χ4v) is 3.19. The second-order valence-electron chi connectivity index (χ2n) is 6.56. The van der Waals surface area contributed by atoms with Crippen LogP contribution in [0.2, 0.25) is 0 Å². The summed E-state index contributed by atoms with van der Waals surface area (Å²) in [6.45, 7) is 1.15. The minimum atomic E-state index is -0.122. The van der Waals surface area contributed by atoms with E-state index in [4.69, 9.17) is 6.42 Å². The third-order valence-electron chi connectivity index (χ3n) is 4.72. The molecule has 136 valence electrons. The molecule has 2 aromatic carbocycles. The quantitative estimate of drug-likeness (QED) is 0.767. The van der Waals surface area contributed by atoms with Gasteiger partial charge in [-0.25, -0.2) is 0 Å². The van der Waals surface area contributed by atoms with Gasteiger partial charge in [0.1, 0.15) is 0 Å². The zero-order chi connectivity index (χ0) is 17.5. The van der Waals surface area contributed by atoms with Crippen LogP contribution in [0.4, 0.5) is 5.69 Å². The van der Waals surface area contributed by atoms with Crippen LogP contribution in [0.15, 0.2) is 48.5 Å². The molecule has 1 saturated heterocycles. The van der Waals surface area contributed by atoms with E-state index in [2.05, 4.69) is 28.7 Å². The van der Waals surface area contributed by atoms with Crippen molar-refractivity contribution < 1.29 is 4.79 Å².